The summed E-state index contributed by atoms with van der Waals surface area (Å²) in [4.78, 5) is 11.8. The minimum absolute atomic E-state index is 0.441. The molecule has 0 spiro atoms. The van der Waals surface area contributed by atoms with Gasteiger partial charge in [0.25, 0.3) is 5.91 Å². The second-order valence-electron chi connectivity index (χ2n) is 4.66. The summed E-state index contributed by atoms with van der Waals surface area (Å²) in [5.74, 6) is -0.441. The Morgan fingerprint density at radius 1 is 1.35 bits per heavy atom. The molecule has 0 bridgehead atoms. The molecule has 2 aromatic rings. The zero-order chi connectivity index (χ0) is 14.9. The first kappa shape index (κ1) is 14.4. The Balaban J connectivity index is 2.81. The maximum atomic E-state index is 11.8. The van der Waals surface area contributed by atoms with E-state index in [0.717, 1.165) is 22.5 Å². The number of carbonyl (C=O) groups excluding carboxylic acids is 1. The molecule has 0 unspecified atom stereocenters. The van der Waals surface area contributed by atoms with E-state index in [0.29, 0.717) is 17.1 Å². The fourth-order valence-electron chi connectivity index (χ4n) is 2.58. The second kappa shape index (κ2) is 5.55. The fourth-order valence-corrected chi connectivity index (χ4v) is 2.81. The van der Waals surface area contributed by atoms with Gasteiger partial charge in [-0.2, -0.15) is 0 Å². The van der Waals surface area contributed by atoms with Crippen LogP contribution in [-0.4, -0.2) is 10.5 Å². The van der Waals surface area contributed by atoms with Gasteiger partial charge in [0.2, 0.25) is 0 Å². The van der Waals surface area contributed by atoms with Gasteiger partial charge in [0.1, 0.15) is 0 Å². The van der Waals surface area contributed by atoms with E-state index < -0.39 is 5.91 Å². The molecule has 0 saturated carbocycles. The highest BCUT2D eigenvalue weighted by atomic mass is 35.5. The normalized spacial score (nSPS) is 10.6. The third-order valence-corrected chi connectivity index (χ3v) is 3.81. The molecule has 0 aliphatic rings. The molecule has 1 aromatic heterocycles. The van der Waals surface area contributed by atoms with Crippen LogP contribution in [0, 0.1) is 13.8 Å². The molecule has 0 saturated heterocycles. The minimum atomic E-state index is -0.441. The summed E-state index contributed by atoms with van der Waals surface area (Å²) >= 11 is 6.26. The SMILES string of the molecule is C=CCn1c(C)c(C(N)=O)c(-c2ccccc2Cl)c1C. The number of benzene rings is 1. The van der Waals surface area contributed by atoms with Crippen molar-refractivity contribution in [3.63, 3.8) is 0 Å². The molecule has 0 atom stereocenters. The molecule has 0 aliphatic carbocycles. The Hall–Kier alpha value is -2.00. The van der Waals surface area contributed by atoms with Crippen LogP contribution in [0.3, 0.4) is 0 Å². The van der Waals surface area contributed by atoms with E-state index in [9.17, 15) is 4.79 Å². The number of primary amides is 1. The first-order valence-corrected chi connectivity index (χ1v) is 6.72. The van der Waals surface area contributed by atoms with Crippen LogP contribution in [0.2, 0.25) is 5.02 Å². The molecule has 1 aromatic carbocycles. The molecule has 20 heavy (non-hydrogen) atoms. The van der Waals surface area contributed by atoms with Gasteiger partial charge in [-0.15, -0.1) is 6.58 Å². The van der Waals surface area contributed by atoms with Crippen LogP contribution in [0.1, 0.15) is 21.7 Å². The van der Waals surface area contributed by atoms with Crippen molar-refractivity contribution in [2.24, 2.45) is 5.73 Å². The van der Waals surface area contributed by atoms with Gasteiger partial charge in [-0.1, -0.05) is 35.9 Å². The molecule has 0 aliphatic heterocycles. The van der Waals surface area contributed by atoms with Gasteiger partial charge >= 0.3 is 0 Å². The summed E-state index contributed by atoms with van der Waals surface area (Å²) in [6, 6.07) is 7.46. The van der Waals surface area contributed by atoms with Crippen LogP contribution in [0.4, 0.5) is 0 Å². The number of aromatic nitrogens is 1. The molecule has 2 N–H and O–H groups in total. The number of halogens is 1. The van der Waals surface area contributed by atoms with Crippen molar-refractivity contribution in [1.29, 1.82) is 0 Å². The summed E-state index contributed by atoms with van der Waals surface area (Å²) in [5.41, 5.74) is 9.52. The first-order valence-electron chi connectivity index (χ1n) is 6.34. The Kier molecular flexibility index (Phi) is 4.00. The number of hydrogen-bond acceptors (Lipinski definition) is 1. The summed E-state index contributed by atoms with van der Waals surface area (Å²) in [6.07, 6.45) is 1.79. The Morgan fingerprint density at radius 2 is 2.00 bits per heavy atom. The number of allylic oxidation sites excluding steroid dienone is 1. The number of nitrogens with two attached hydrogens (primary N) is 1. The highest BCUT2D eigenvalue weighted by Gasteiger charge is 2.23. The lowest BCUT2D eigenvalue weighted by molar-refractivity contribution is 0.1000. The largest absolute Gasteiger partial charge is 0.366 e. The molecule has 104 valence electrons. The molecule has 3 nitrogen and oxygen atoms in total. The topological polar surface area (TPSA) is 48.0 Å². The van der Waals surface area contributed by atoms with Gasteiger partial charge in [-0.3, -0.25) is 4.79 Å². The third-order valence-electron chi connectivity index (χ3n) is 3.48. The maximum absolute atomic E-state index is 11.8. The van der Waals surface area contributed by atoms with Gasteiger partial charge in [-0.25, -0.2) is 0 Å². The van der Waals surface area contributed by atoms with E-state index >= 15 is 0 Å². The van der Waals surface area contributed by atoms with Gasteiger partial charge in [0.05, 0.1) is 5.56 Å². The van der Waals surface area contributed by atoms with Crippen molar-refractivity contribution in [1.82, 2.24) is 4.57 Å². The number of nitrogens with zero attached hydrogens (tertiary/aromatic N) is 1. The number of carbonyl (C=O) groups is 1. The molecule has 0 radical (unpaired) electrons. The van der Waals surface area contributed by atoms with Crippen molar-refractivity contribution >= 4 is 17.5 Å². The fraction of sp³-hybridized carbons (Fsp3) is 0.188. The van der Waals surface area contributed by atoms with E-state index in [1.165, 1.54) is 0 Å². The zero-order valence-corrected chi connectivity index (χ0v) is 12.4. The Bertz CT molecular complexity index is 686. The lowest BCUT2D eigenvalue weighted by atomic mass is 10.00. The molecular formula is C16H17ClN2O. The quantitative estimate of drug-likeness (QED) is 0.857. The van der Waals surface area contributed by atoms with Crippen LogP contribution in [0.25, 0.3) is 11.1 Å². The standard InChI is InChI=1S/C16H17ClN2O/c1-4-9-19-10(2)14(15(11(19)3)16(18)20)12-7-5-6-8-13(12)17/h4-8H,1,9H2,2-3H3,(H2,18,20). The molecule has 1 heterocycles. The number of amides is 1. The van der Waals surface area contributed by atoms with E-state index in [4.69, 9.17) is 17.3 Å². The summed E-state index contributed by atoms with van der Waals surface area (Å²) in [5, 5.41) is 0.605. The van der Waals surface area contributed by atoms with Crippen LogP contribution in [0.15, 0.2) is 36.9 Å². The van der Waals surface area contributed by atoms with E-state index in [-0.39, 0.29) is 0 Å². The van der Waals surface area contributed by atoms with E-state index in [1.54, 1.807) is 12.1 Å². The predicted molar refractivity (Wildman–Crippen MR) is 83.1 cm³/mol. The van der Waals surface area contributed by atoms with Crippen LogP contribution in [0.5, 0.6) is 0 Å². The van der Waals surface area contributed by atoms with E-state index in [2.05, 4.69) is 6.58 Å². The van der Waals surface area contributed by atoms with Gasteiger partial charge in [-0.05, 0) is 19.9 Å². The van der Waals surface area contributed by atoms with Crippen molar-refractivity contribution in [2.75, 3.05) is 0 Å². The van der Waals surface area contributed by atoms with Crippen molar-refractivity contribution in [3.8, 4) is 11.1 Å². The Morgan fingerprint density at radius 3 is 2.55 bits per heavy atom. The maximum Gasteiger partial charge on any atom is 0.251 e. The van der Waals surface area contributed by atoms with Crippen LogP contribution >= 0.6 is 11.6 Å². The predicted octanol–water partition coefficient (Wildman–Crippen LogP) is 3.71. The lowest BCUT2D eigenvalue weighted by Gasteiger charge is -2.07. The molecule has 2 rings (SSSR count). The average Bonchev–Trinajstić information content (AvgIpc) is 2.64. The van der Waals surface area contributed by atoms with Gasteiger partial charge in [0, 0.05) is 34.1 Å². The zero-order valence-electron chi connectivity index (χ0n) is 11.6. The van der Waals surface area contributed by atoms with Gasteiger partial charge < -0.3 is 10.3 Å². The van der Waals surface area contributed by atoms with Crippen molar-refractivity contribution < 1.29 is 4.79 Å². The highest BCUT2D eigenvalue weighted by Crippen LogP contribution is 2.36. The smallest absolute Gasteiger partial charge is 0.251 e. The molecule has 1 amide bonds. The summed E-state index contributed by atoms with van der Waals surface area (Å²) in [7, 11) is 0. The molecule has 4 heteroatoms. The summed E-state index contributed by atoms with van der Waals surface area (Å²) in [6.45, 7) is 8.22. The number of rotatable bonds is 4. The summed E-state index contributed by atoms with van der Waals surface area (Å²) < 4.78 is 2.02. The average molecular weight is 289 g/mol. The highest BCUT2D eigenvalue weighted by molar-refractivity contribution is 6.33. The lowest BCUT2D eigenvalue weighted by Crippen LogP contribution is -2.13. The first-order chi connectivity index (χ1) is 9.49. The minimum Gasteiger partial charge on any atom is -0.366 e. The molecule has 0 fully saturated rings. The second-order valence-corrected chi connectivity index (χ2v) is 5.07. The number of hydrogen-bond donors (Lipinski definition) is 1. The van der Waals surface area contributed by atoms with Gasteiger partial charge in [0.15, 0.2) is 0 Å². The molecular weight excluding hydrogens is 272 g/mol. The van der Waals surface area contributed by atoms with Crippen molar-refractivity contribution in [2.45, 2.75) is 20.4 Å². The van der Waals surface area contributed by atoms with Crippen LogP contribution < -0.4 is 5.73 Å². The van der Waals surface area contributed by atoms with E-state index in [1.807, 2.05) is 36.6 Å². The van der Waals surface area contributed by atoms with Crippen LogP contribution in [-0.2, 0) is 6.54 Å². The Labute approximate surface area is 123 Å². The van der Waals surface area contributed by atoms with Crippen molar-refractivity contribution in [3.05, 3.63) is 58.9 Å². The monoisotopic (exact) mass is 288 g/mol. The third kappa shape index (κ3) is 2.25.